The SMILES string of the molecule is CCCCC(=O)Nc1nc(SCCC)nc2c1[nH]c(=O)n2Cc1ccccc1. The summed E-state index contributed by atoms with van der Waals surface area (Å²) in [5, 5.41) is 3.41. The smallest absolute Gasteiger partial charge is 0.309 e. The van der Waals surface area contributed by atoms with Crippen LogP contribution in [-0.4, -0.2) is 31.2 Å². The molecule has 3 rings (SSSR count). The fourth-order valence-corrected chi connectivity index (χ4v) is 3.50. The highest BCUT2D eigenvalue weighted by molar-refractivity contribution is 7.99. The van der Waals surface area contributed by atoms with Crippen LogP contribution in [0.4, 0.5) is 5.82 Å². The number of aromatic amines is 1. The first-order valence-electron chi connectivity index (χ1n) is 9.59. The van der Waals surface area contributed by atoms with Gasteiger partial charge in [0.2, 0.25) is 5.91 Å². The summed E-state index contributed by atoms with van der Waals surface area (Å²) in [6.45, 7) is 4.52. The largest absolute Gasteiger partial charge is 0.328 e. The monoisotopic (exact) mass is 399 g/mol. The Morgan fingerprint density at radius 1 is 1.18 bits per heavy atom. The molecule has 0 aliphatic rings. The lowest BCUT2D eigenvalue weighted by atomic mass is 10.2. The van der Waals surface area contributed by atoms with Crippen molar-refractivity contribution in [3.63, 3.8) is 0 Å². The molecule has 0 aliphatic carbocycles. The highest BCUT2D eigenvalue weighted by Gasteiger charge is 2.17. The van der Waals surface area contributed by atoms with Crippen molar-refractivity contribution in [1.29, 1.82) is 0 Å². The summed E-state index contributed by atoms with van der Waals surface area (Å²) in [7, 11) is 0. The zero-order valence-corrected chi connectivity index (χ0v) is 17.0. The van der Waals surface area contributed by atoms with Crippen molar-refractivity contribution in [2.45, 2.75) is 51.2 Å². The molecule has 2 heterocycles. The van der Waals surface area contributed by atoms with E-state index < -0.39 is 0 Å². The van der Waals surface area contributed by atoms with E-state index in [-0.39, 0.29) is 11.6 Å². The predicted molar refractivity (Wildman–Crippen MR) is 113 cm³/mol. The number of unbranched alkanes of at least 4 members (excludes halogenated alkanes) is 1. The first kappa shape index (κ1) is 20.1. The Bertz CT molecular complexity index is 997. The van der Waals surface area contributed by atoms with Crippen molar-refractivity contribution in [3.05, 3.63) is 46.4 Å². The number of rotatable bonds is 9. The van der Waals surface area contributed by atoms with E-state index in [4.69, 9.17) is 0 Å². The van der Waals surface area contributed by atoms with Crippen LogP contribution < -0.4 is 11.0 Å². The number of amides is 1. The van der Waals surface area contributed by atoms with Crippen LogP contribution in [0.25, 0.3) is 11.2 Å². The van der Waals surface area contributed by atoms with E-state index in [9.17, 15) is 9.59 Å². The van der Waals surface area contributed by atoms with E-state index >= 15 is 0 Å². The van der Waals surface area contributed by atoms with Gasteiger partial charge in [-0.1, -0.05) is 62.4 Å². The third kappa shape index (κ3) is 4.81. The molecular weight excluding hydrogens is 374 g/mol. The van der Waals surface area contributed by atoms with Crippen molar-refractivity contribution < 1.29 is 4.79 Å². The van der Waals surface area contributed by atoms with Gasteiger partial charge < -0.3 is 10.3 Å². The van der Waals surface area contributed by atoms with Crippen LogP contribution in [-0.2, 0) is 11.3 Å². The Hall–Kier alpha value is -2.61. The second-order valence-electron chi connectivity index (χ2n) is 6.56. The molecule has 3 aromatic rings. The van der Waals surface area contributed by atoms with Crippen LogP contribution in [0.5, 0.6) is 0 Å². The number of thioether (sulfide) groups is 1. The summed E-state index contributed by atoms with van der Waals surface area (Å²) in [5.74, 6) is 1.13. The average molecular weight is 400 g/mol. The fraction of sp³-hybridized carbons (Fsp3) is 0.400. The Labute approximate surface area is 168 Å². The minimum Gasteiger partial charge on any atom is -0.309 e. The van der Waals surface area contributed by atoms with E-state index in [2.05, 4.69) is 27.2 Å². The van der Waals surface area contributed by atoms with E-state index in [1.165, 1.54) is 11.8 Å². The van der Waals surface area contributed by atoms with Crippen LogP contribution in [0.15, 0.2) is 40.3 Å². The molecule has 1 aromatic carbocycles. The molecule has 0 aliphatic heterocycles. The number of hydrogen-bond donors (Lipinski definition) is 2. The van der Waals surface area contributed by atoms with Gasteiger partial charge in [0.15, 0.2) is 16.6 Å². The van der Waals surface area contributed by atoms with Gasteiger partial charge in [0.05, 0.1) is 6.54 Å². The van der Waals surface area contributed by atoms with Crippen molar-refractivity contribution >= 4 is 34.7 Å². The van der Waals surface area contributed by atoms with Crippen LogP contribution in [0, 0.1) is 0 Å². The van der Waals surface area contributed by atoms with Crippen molar-refractivity contribution in [2.75, 3.05) is 11.1 Å². The second-order valence-corrected chi connectivity index (χ2v) is 7.62. The third-order valence-electron chi connectivity index (χ3n) is 4.24. The van der Waals surface area contributed by atoms with Gasteiger partial charge in [-0.05, 0) is 18.4 Å². The number of aromatic nitrogens is 4. The molecule has 2 N–H and O–H groups in total. The van der Waals surface area contributed by atoms with Crippen LogP contribution in [0.1, 0.15) is 45.1 Å². The molecule has 0 unspecified atom stereocenters. The van der Waals surface area contributed by atoms with E-state index in [1.54, 1.807) is 4.57 Å². The normalized spacial score (nSPS) is 11.1. The minimum absolute atomic E-state index is 0.107. The quantitative estimate of drug-likeness (QED) is 0.422. The second kappa shape index (κ2) is 9.54. The highest BCUT2D eigenvalue weighted by Crippen LogP contribution is 2.23. The number of nitrogens with zero attached hydrogens (tertiary/aromatic N) is 3. The Morgan fingerprint density at radius 3 is 2.68 bits per heavy atom. The lowest BCUT2D eigenvalue weighted by Crippen LogP contribution is -2.17. The molecule has 0 saturated carbocycles. The molecule has 7 nitrogen and oxygen atoms in total. The third-order valence-corrected chi connectivity index (χ3v) is 5.29. The fourth-order valence-electron chi connectivity index (χ4n) is 2.80. The van der Waals surface area contributed by atoms with Crippen LogP contribution >= 0.6 is 11.8 Å². The van der Waals surface area contributed by atoms with Crippen LogP contribution in [0.3, 0.4) is 0 Å². The molecule has 148 valence electrons. The molecular formula is C20H25N5O2S. The van der Waals surface area contributed by atoms with Gasteiger partial charge in [0.1, 0.15) is 5.52 Å². The summed E-state index contributed by atoms with van der Waals surface area (Å²) in [5.41, 5.74) is 1.70. The molecule has 8 heteroatoms. The number of hydrogen-bond acceptors (Lipinski definition) is 5. The Morgan fingerprint density at radius 2 is 1.96 bits per heavy atom. The zero-order valence-electron chi connectivity index (χ0n) is 16.2. The van der Waals surface area contributed by atoms with Gasteiger partial charge >= 0.3 is 5.69 Å². The number of carbonyl (C=O) groups is 1. The van der Waals surface area contributed by atoms with E-state index in [0.717, 1.165) is 30.6 Å². The molecule has 0 spiro atoms. The van der Waals surface area contributed by atoms with E-state index in [1.807, 2.05) is 37.3 Å². The summed E-state index contributed by atoms with van der Waals surface area (Å²) in [6.07, 6.45) is 3.15. The topological polar surface area (TPSA) is 92.7 Å². The molecule has 0 saturated heterocycles. The lowest BCUT2D eigenvalue weighted by Gasteiger charge is -2.08. The van der Waals surface area contributed by atoms with Crippen molar-refractivity contribution in [3.8, 4) is 0 Å². The summed E-state index contributed by atoms with van der Waals surface area (Å²) < 4.78 is 1.59. The number of imidazole rings is 1. The van der Waals surface area contributed by atoms with Gasteiger partial charge in [-0.2, -0.15) is 0 Å². The highest BCUT2D eigenvalue weighted by atomic mass is 32.2. The minimum atomic E-state index is -0.269. The molecule has 28 heavy (non-hydrogen) atoms. The average Bonchev–Trinajstić information content (AvgIpc) is 3.01. The molecule has 0 atom stereocenters. The number of benzene rings is 1. The predicted octanol–water partition coefficient (Wildman–Crippen LogP) is 3.80. The first-order valence-corrected chi connectivity index (χ1v) is 10.6. The molecule has 0 radical (unpaired) electrons. The molecule has 0 bridgehead atoms. The van der Waals surface area contributed by atoms with Gasteiger partial charge in [0.25, 0.3) is 0 Å². The number of fused-ring (bicyclic) bond motifs is 1. The maximum Gasteiger partial charge on any atom is 0.328 e. The first-order chi connectivity index (χ1) is 13.6. The zero-order chi connectivity index (χ0) is 19.9. The summed E-state index contributed by atoms with van der Waals surface area (Å²) in [4.78, 5) is 36.7. The molecule has 0 fully saturated rings. The molecule has 1 amide bonds. The number of anilines is 1. The number of H-pyrrole nitrogens is 1. The Kier molecular flexibility index (Phi) is 6.86. The summed E-state index contributed by atoms with van der Waals surface area (Å²) >= 11 is 1.52. The van der Waals surface area contributed by atoms with Gasteiger partial charge in [-0.3, -0.25) is 9.36 Å². The number of carbonyl (C=O) groups excluding carboxylic acids is 1. The standard InChI is InChI=1S/C20H25N5O2S/c1-3-5-11-15(26)21-17-16-18(24-19(23-17)28-12-4-2)25(20(27)22-16)13-14-9-7-6-8-10-14/h6-10H,3-5,11-13H2,1-2H3,(H,22,27)(H,21,23,24,26). The van der Waals surface area contributed by atoms with Crippen molar-refractivity contribution in [1.82, 2.24) is 19.5 Å². The van der Waals surface area contributed by atoms with Gasteiger partial charge in [0, 0.05) is 12.2 Å². The maximum absolute atomic E-state index is 12.6. The van der Waals surface area contributed by atoms with Gasteiger partial charge in [-0.15, -0.1) is 0 Å². The maximum atomic E-state index is 12.6. The van der Waals surface area contributed by atoms with Crippen LogP contribution in [0.2, 0.25) is 0 Å². The molecule has 2 aromatic heterocycles. The van der Waals surface area contributed by atoms with Crippen molar-refractivity contribution in [2.24, 2.45) is 0 Å². The number of nitrogens with one attached hydrogen (secondary N) is 2. The lowest BCUT2D eigenvalue weighted by molar-refractivity contribution is -0.116. The van der Waals surface area contributed by atoms with E-state index in [0.29, 0.717) is 35.1 Å². The van der Waals surface area contributed by atoms with Gasteiger partial charge in [-0.25, -0.2) is 14.8 Å². The Balaban J connectivity index is 2.02. The summed E-state index contributed by atoms with van der Waals surface area (Å²) in [6, 6.07) is 9.74.